The number of fused-ring (bicyclic) bond motifs is 6. The quantitative estimate of drug-likeness (QED) is 0.152. The van der Waals surface area contributed by atoms with Crippen molar-refractivity contribution >= 4 is 43.6 Å². The van der Waals surface area contributed by atoms with E-state index >= 15 is 0 Å². The topological polar surface area (TPSA) is 9.86 Å². The summed E-state index contributed by atoms with van der Waals surface area (Å²) in [6.07, 6.45) is 0. The Bertz CT molecular complexity index is 3350. The Morgan fingerprint density at radius 3 is 0.871 bits per heavy atom. The summed E-state index contributed by atoms with van der Waals surface area (Å²) in [6.45, 7) is 0. The smallest absolute Gasteiger partial charge is 0.0541 e. The minimum absolute atomic E-state index is 1.15. The second-order valence-corrected chi connectivity index (χ2v) is 16.1. The van der Waals surface area contributed by atoms with E-state index in [-0.39, 0.29) is 0 Å². The number of para-hydroxylation sites is 2. The van der Waals surface area contributed by atoms with E-state index in [9.17, 15) is 0 Å². The maximum absolute atomic E-state index is 2.41. The summed E-state index contributed by atoms with van der Waals surface area (Å²) < 4.78 is 4.81. The van der Waals surface area contributed by atoms with Crippen molar-refractivity contribution in [2.75, 3.05) is 0 Å². The fourth-order valence-corrected chi connectivity index (χ4v) is 9.65. The zero-order valence-corrected chi connectivity index (χ0v) is 34.0. The Hall–Kier alpha value is -8.20. The van der Waals surface area contributed by atoms with Gasteiger partial charge in [0, 0.05) is 32.9 Å². The molecule has 2 heterocycles. The third kappa shape index (κ3) is 5.96. The fraction of sp³-hybridized carbons (Fsp3) is 0. The molecule has 62 heavy (non-hydrogen) atoms. The summed E-state index contributed by atoms with van der Waals surface area (Å²) in [5.74, 6) is 0. The molecule has 0 aliphatic carbocycles. The van der Waals surface area contributed by atoms with Crippen LogP contribution < -0.4 is 0 Å². The summed E-state index contributed by atoms with van der Waals surface area (Å²) in [6, 6.07) is 88.3. The van der Waals surface area contributed by atoms with E-state index < -0.39 is 0 Å². The Balaban J connectivity index is 0.920. The zero-order valence-electron chi connectivity index (χ0n) is 34.0. The van der Waals surface area contributed by atoms with Gasteiger partial charge in [-0.25, -0.2) is 0 Å². The fourth-order valence-electron chi connectivity index (χ4n) is 9.65. The van der Waals surface area contributed by atoms with Gasteiger partial charge in [-0.1, -0.05) is 182 Å². The van der Waals surface area contributed by atoms with Crippen LogP contribution in [0.1, 0.15) is 0 Å². The van der Waals surface area contributed by atoms with Gasteiger partial charge in [0.25, 0.3) is 0 Å². The molecule has 0 unspecified atom stereocenters. The average molecular weight is 789 g/mol. The van der Waals surface area contributed by atoms with Gasteiger partial charge in [0.05, 0.1) is 22.1 Å². The highest BCUT2D eigenvalue weighted by molar-refractivity contribution is 6.12. The molecule has 0 radical (unpaired) electrons. The number of benzene rings is 10. The molecule has 12 rings (SSSR count). The van der Waals surface area contributed by atoms with Crippen LogP contribution in [0.4, 0.5) is 0 Å². The number of rotatable bonds is 7. The van der Waals surface area contributed by atoms with Crippen LogP contribution in [0.3, 0.4) is 0 Å². The van der Waals surface area contributed by atoms with E-state index in [1.54, 1.807) is 0 Å². The van der Waals surface area contributed by atoms with Crippen LogP contribution >= 0.6 is 0 Å². The van der Waals surface area contributed by atoms with Crippen molar-refractivity contribution in [2.45, 2.75) is 0 Å². The molecule has 12 aromatic rings. The summed E-state index contributed by atoms with van der Waals surface area (Å²) in [4.78, 5) is 0. The normalized spacial score (nSPS) is 11.5. The lowest BCUT2D eigenvalue weighted by Gasteiger charge is -2.13. The summed E-state index contributed by atoms with van der Waals surface area (Å²) in [5.41, 5.74) is 19.3. The van der Waals surface area contributed by atoms with E-state index in [2.05, 4.69) is 252 Å². The lowest BCUT2D eigenvalue weighted by molar-refractivity contribution is 1.18. The highest BCUT2D eigenvalue weighted by Crippen LogP contribution is 2.40. The summed E-state index contributed by atoms with van der Waals surface area (Å²) in [7, 11) is 0. The van der Waals surface area contributed by atoms with Crippen LogP contribution in [0.25, 0.3) is 111 Å². The van der Waals surface area contributed by atoms with Gasteiger partial charge in [-0.2, -0.15) is 0 Å². The van der Waals surface area contributed by atoms with Gasteiger partial charge in [0.2, 0.25) is 0 Å². The number of hydrogen-bond donors (Lipinski definition) is 0. The Morgan fingerprint density at radius 2 is 0.484 bits per heavy atom. The number of hydrogen-bond acceptors (Lipinski definition) is 0. The minimum atomic E-state index is 1.15. The van der Waals surface area contributed by atoms with Gasteiger partial charge in [0.15, 0.2) is 0 Å². The molecule has 2 heteroatoms. The molecule has 2 aromatic heterocycles. The molecule has 2 nitrogen and oxygen atoms in total. The van der Waals surface area contributed by atoms with E-state index in [0.29, 0.717) is 0 Å². The molecule has 0 saturated heterocycles. The molecule has 0 amide bonds. The molecule has 0 aliphatic heterocycles. The third-order valence-corrected chi connectivity index (χ3v) is 12.6. The first-order chi connectivity index (χ1) is 30.8. The first-order valence-corrected chi connectivity index (χ1v) is 21.3. The van der Waals surface area contributed by atoms with E-state index in [0.717, 1.165) is 11.4 Å². The summed E-state index contributed by atoms with van der Waals surface area (Å²) >= 11 is 0. The van der Waals surface area contributed by atoms with E-state index in [4.69, 9.17) is 0 Å². The van der Waals surface area contributed by atoms with Crippen LogP contribution in [0, 0.1) is 0 Å². The van der Waals surface area contributed by atoms with Gasteiger partial charge in [-0.15, -0.1) is 0 Å². The summed E-state index contributed by atoms with van der Waals surface area (Å²) in [5, 5.41) is 4.98. The molecule has 0 bridgehead atoms. The molecule has 10 aromatic carbocycles. The van der Waals surface area contributed by atoms with Crippen molar-refractivity contribution < 1.29 is 0 Å². The van der Waals surface area contributed by atoms with Gasteiger partial charge >= 0.3 is 0 Å². The van der Waals surface area contributed by atoms with Crippen LogP contribution in [-0.2, 0) is 0 Å². The molecule has 0 fully saturated rings. The van der Waals surface area contributed by atoms with E-state index in [1.807, 2.05) is 0 Å². The van der Waals surface area contributed by atoms with Crippen LogP contribution in [0.15, 0.2) is 243 Å². The van der Waals surface area contributed by atoms with Gasteiger partial charge in [-0.05, 0) is 116 Å². The Labute approximate surface area is 360 Å². The van der Waals surface area contributed by atoms with Crippen molar-refractivity contribution in [3.63, 3.8) is 0 Å². The van der Waals surface area contributed by atoms with Gasteiger partial charge in [0.1, 0.15) is 0 Å². The van der Waals surface area contributed by atoms with Crippen LogP contribution in [0.5, 0.6) is 0 Å². The molecular formula is C60H40N2. The van der Waals surface area contributed by atoms with E-state index in [1.165, 1.54) is 99.2 Å². The molecule has 290 valence electrons. The molecule has 0 atom stereocenters. The van der Waals surface area contributed by atoms with Crippen molar-refractivity contribution in [1.82, 2.24) is 9.13 Å². The molecule has 0 saturated carbocycles. The SMILES string of the molecule is c1ccc(-c2ccccc2-c2ccc(-n3c4ccccc4c4cc(-c5ccc6c(c5)c5ccccc5n6-c5ccc(-c6ccccc6-c6ccccc6)cc5)ccc43)cc2)cc1. The van der Waals surface area contributed by atoms with Crippen LogP contribution in [-0.4, -0.2) is 9.13 Å². The number of nitrogens with zero attached hydrogens (tertiary/aromatic N) is 2. The second-order valence-electron chi connectivity index (χ2n) is 16.1. The molecule has 0 aliphatic rings. The Morgan fingerprint density at radius 1 is 0.194 bits per heavy atom. The third-order valence-electron chi connectivity index (χ3n) is 12.6. The first-order valence-electron chi connectivity index (χ1n) is 21.3. The zero-order chi connectivity index (χ0) is 41.0. The predicted octanol–water partition coefficient (Wildman–Crippen LogP) is 16.2. The second kappa shape index (κ2) is 14.8. The average Bonchev–Trinajstić information content (AvgIpc) is 3.87. The number of aromatic nitrogens is 2. The molecular weight excluding hydrogens is 749 g/mol. The Kier molecular flexibility index (Phi) is 8.53. The van der Waals surface area contributed by atoms with Gasteiger partial charge in [-0.3, -0.25) is 0 Å². The maximum atomic E-state index is 2.41. The van der Waals surface area contributed by atoms with Crippen molar-refractivity contribution in [3.05, 3.63) is 243 Å². The predicted molar refractivity (Wildman–Crippen MR) is 262 cm³/mol. The van der Waals surface area contributed by atoms with Crippen molar-refractivity contribution in [2.24, 2.45) is 0 Å². The van der Waals surface area contributed by atoms with Crippen molar-refractivity contribution in [1.29, 1.82) is 0 Å². The molecule has 0 N–H and O–H groups in total. The largest absolute Gasteiger partial charge is 0.309 e. The lowest BCUT2D eigenvalue weighted by Crippen LogP contribution is -1.94. The highest BCUT2D eigenvalue weighted by Gasteiger charge is 2.17. The standard InChI is InChI=1S/C60H40N2/c1-3-15-41(16-4-1)49-19-7-9-21-51(49)43-27-33-47(34-28-43)61-57-25-13-11-23-53(57)55-39-45(31-37-59(55)61)46-32-38-60-56(40-46)54-24-12-14-26-58(54)62(60)48-35-29-44(30-36-48)52-22-10-8-20-50(52)42-17-5-2-6-18-42/h1-40H. The van der Waals surface area contributed by atoms with Gasteiger partial charge < -0.3 is 9.13 Å². The monoisotopic (exact) mass is 788 g/mol. The minimum Gasteiger partial charge on any atom is -0.309 e. The maximum Gasteiger partial charge on any atom is 0.0541 e. The first kappa shape index (κ1) is 35.7. The lowest BCUT2D eigenvalue weighted by atomic mass is 9.94. The van der Waals surface area contributed by atoms with Crippen molar-refractivity contribution in [3.8, 4) is 67.0 Å². The van der Waals surface area contributed by atoms with Crippen LogP contribution in [0.2, 0.25) is 0 Å². The molecule has 0 spiro atoms. The highest BCUT2D eigenvalue weighted by atomic mass is 15.0.